The first-order valence-corrected chi connectivity index (χ1v) is 11.0. The van der Waals surface area contributed by atoms with Gasteiger partial charge in [0, 0.05) is 18.5 Å². The maximum Gasteiger partial charge on any atom is 0.344 e. The van der Waals surface area contributed by atoms with Crippen molar-refractivity contribution in [3.63, 3.8) is 0 Å². The average molecular weight is 433 g/mol. The van der Waals surface area contributed by atoms with E-state index in [0.717, 1.165) is 25.7 Å². The van der Waals surface area contributed by atoms with Crippen molar-refractivity contribution in [2.24, 2.45) is 5.92 Å². The Labute approximate surface area is 183 Å². The fourth-order valence-electron chi connectivity index (χ4n) is 4.35. The van der Waals surface area contributed by atoms with Crippen molar-refractivity contribution < 1.29 is 28.6 Å². The molecule has 0 unspecified atom stereocenters. The summed E-state index contributed by atoms with van der Waals surface area (Å²) in [7, 11) is 2.93. The van der Waals surface area contributed by atoms with Crippen LogP contribution in [-0.4, -0.2) is 49.5 Å². The molecule has 3 rings (SSSR count). The van der Waals surface area contributed by atoms with Gasteiger partial charge in [-0.3, -0.25) is 14.5 Å². The van der Waals surface area contributed by atoms with E-state index in [1.807, 2.05) is 0 Å². The zero-order chi connectivity index (χ0) is 22.5. The number of benzene rings is 1. The molecule has 2 amide bonds. The molecule has 0 saturated carbocycles. The average Bonchev–Trinajstić information content (AvgIpc) is 3.32. The third-order valence-corrected chi connectivity index (χ3v) is 6.19. The molecule has 0 aliphatic carbocycles. The van der Waals surface area contributed by atoms with Gasteiger partial charge in [0.1, 0.15) is 11.6 Å². The number of hydrogen-bond acceptors (Lipinski definition) is 6. The Morgan fingerprint density at radius 3 is 2.68 bits per heavy atom. The predicted octanol–water partition coefficient (Wildman–Crippen LogP) is 3.20. The first-order chi connectivity index (χ1) is 15.0. The van der Waals surface area contributed by atoms with Gasteiger partial charge in [-0.05, 0) is 30.9 Å². The molecular weight excluding hydrogens is 400 g/mol. The molecule has 1 N–H and O–H groups in total. The van der Waals surface area contributed by atoms with Crippen LogP contribution in [0, 0.1) is 5.92 Å². The quantitative estimate of drug-likeness (QED) is 0.571. The van der Waals surface area contributed by atoms with E-state index >= 15 is 0 Å². The Morgan fingerprint density at radius 2 is 2.03 bits per heavy atom. The third kappa shape index (κ3) is 4.48. The van der Waals surface area contributed by atoms with Crippen molar-refractivity contribution in [1.82, 2.24) is 10.2 Å². The van der Waals surface area contributed by atoms with E-state index < -0.39 is 18.2 Å². The van der Waals surface area contributed by atoms with Gasteiger partial charge in [-0.15, -0.1) is 0 Å². The van der Waals surface area contributed by atoms with E-state index in [0.29, 0.717) is 30.2 Å². The fraction of sp³-hybridized carbons (Fsp3) is 0.609. The molecule has 1 fully saturated rings. The Hall–Kier alpha value is -2.77. The van der Waals surface area contributed by atoms with Crippen LogP contribution in [0.25, 0.3) is 0 Å². The highest BCUT2D eigenvalue weighted by Crippen LogP contribution is 2.45. The molecule has 0 radical (unpaired) electrons. The number of rotatable bonds is 10. The van der Waals surface area contributed by atoms with Crippen LogP contribution < -0.4 is 14.8 Å². The van der Waals surface area contributed by atoms with Gasteiger partial charge >= 0.3 is 5.97 Å². The topological polar surface area (TPSA) is 94.2 Å². The van der Waals surface area contributed by atoms with Crippen molar-refractivity contribution in [2.75, 3.05) is 20.8 Å². The normalized spacial score (nSPS) is 21.0. The Kier molecular flexibility index (Phi) is 7.41. The van der Waals surface area contributed by atoms with Crippen molar-refractivity contribution in [3.8, 4) is 11.5 Å². The van der Waals surface area contributed by atoms with E-state index in [1.54, 1.807) is 12.1 Å². The number of methoxy groups -OCH3 is 2. The number of amides is 2. The Morgan fingerprint density at radius 1 is 1.26 bits per heavy atom. The van der Waals surface area contributed by atoms with Gasteiger partial charge in [0.15, 0.2) is 11.5 Å². The van der Waals surface area contributed by atoms with Crippen molar-refractivity contribution >= 4 is 17.8 Å². The number of hydrogen-bond donors (Lipinski definition) is 1. The lowest BCUT2D eigenvalue weighted by Gasteiger charge is -2.29. The van der Waals surface area contributed by atoms with E-state index in [1.165, 1.54) is 19.1 Å². The van der Waals surface area contributed by atoms with Crippen LogP contribution in [0.4, 0.5) is 0 Å². The summed E-state index contributed by atoms with van der Waals surface area (Å²) in [6, 6.07) is 2.68. The van der Waals surface area contributed by atoms with Gasteiger partial charge in [-0.2, -0.15) is 0 Å². The number of nitrogens with zero attached hydrogens (tertiary/aromatic N) is 1. The first-order valence-electron chi connectivity index (χ1n) is 11.0. The molecule has 170 valence electrons. The molecular formula is C23H32N2O6. The molecule has 1 aromatic rings. The minimum Gasteiger partial charge on any atom is -0.493 e. The summed E-state index contributed by atoms with van der Waals surface area (Å²) >= 11 is 0. The molecule has 8 nitrogen and oxygen atoms in total. The third-order valence-electron chi connectivity index (χ3n) is 6.19. The Bertz CT molecular complexity index is 840. The number of carbonyl (C=O) groups is 3. The maximum atomic E-state index is 13.0. The minimum atomic E-state index is -0.949. The molecule has 2 heterocycles. The lowest BCUT2D eigenvalue weighted by Crippen LogP contribution is -2.47. The SMILES string of the molecule is CCCC[C@H](CC)CNC(=O)[C@H]1CCC(=O)N1[C@@H]1OC(=O)c2c1ccc(OC)c2OC. The van der Waals surface area contributed by atoms with Gasteiger partial charge in [-0.25, -0.2) is 4.79 Å². The number of esters is 1. The van der Waals surface area contributed by atoms with Gasteiger partial charge in [0.2, 0.25) is 18.0 Å². The summed E-state index contributed by atoms with van der Waals surface area (Å²) in [4.78, 5) is 39.7. The highest BCUT2D eigenvalue weighted by atomic mass is 16.6. The second-order valence-electron chi connectivity index (χ2n) is 8.04. The molecule has 0 aromatic heterocycles. The second-order valence-corrected chi connectivity index (χ2v) is 8.04. The highest BCUT2D eigenvalue weighted by Gasteiger charge is 2.47. The lowest BCUT2D eigenvalue weighted by molar-refractivity contribution is -0.145. The molecule has 2 aliphatic heterocycles. The highest BCUT2D eigenvalue weighted by molar-refractivity contribution is 5.99. The molecule has 0 spiro atoms. The standard InChI is InChI=1S/C23H32N2O6/c1-5-7-8-14(6-2)13-24-21(27)16-10-12-18(26)25(16)22-15-9-11-17(29-3)20(30-4)19(15)23(28)31-22/h9,11,14,16,22H,5-8,10,12-13H2,1-4H3,(H,24,27)/t14-,16+,22+/m0/s1. The monoisotopic (exact) mass is 432 g/mol. The number of nitrogens with one attached hydrogen (secondary N) is 1. The molecule has 8 heteroatoms. The molecule has 3 atom stereocenters. The zero-order valence-electron chi connectivity index (χ0n) is 18.7. The number of carbonyl (C=O) groups excluding carboxylic acids is 3. The van der Waals surface area contributed by atoms with E-state index in [4.69, 9.17) is 14.2 Å². The van der Waals surface area contributed by atoms with Gasteiger partial charge in [0.05, 0.1) is 14.2 Å². The van der Waals surface area contributed by atoms with Gasteiger partial charge in [0.25, 0.3) is 0 Å². The van der Waals surface area contributed by atoms with Crippen LogP contribution in [0.15, 0.2) is 12.1 Å². The number of cyclic esters (lactones) is 1. The van der Waals surface area contributed by atoms with E-state index in [9.17, 15) is 14.4 Å². The van der Waals surface area contributed by atoms with Crippen molar-refractivity contribution in [2.45, 2.75) is 64.6 Å². The lowest BCUT2D eigenvalue weighted by atomic mass is 9.99. The van der Waals surface area contributed by atoms with Crippen molar-refractivity contribution in [1.29, 1.82) is 0 Å². The van der Waals surface area contributed by atoms with E-state index in [2.05, 4.69) is 19.2 Å². The number of unbranched alkanes of at least 4 members (excludes halogenated alkanes) is 1. The molecule has 1 saturated heterocycles. The van der Waals surface area contributed by atoms with Crippen LogP contribution in [0.2, 0.25) is 0 Å². The predicted molar refractivity (Wildman–Crippen MR) is 114 cm³/mol. The summed E-state index contributed by atoms with van der Waals surface area (Å²) in [6.07, 6.45) is 3.99. The van der Waals surface area contributed by atoms with Crippen LogP contribution in [0.5, 0.6) is 11.5 Å². The molecule has 2 aliphatic rings. The fourth-order valence-corrected chi connectivity index (χ4v) is 4.35. The summed E-state index contributed by atoms with van der Waals surface area (Å²) in [5, 5.41) is 3.02. The maximum absolute atomic E-state index is 13.0. The van der Waals surface area contributed by atoms with Crippen LogP contribution in [-0.2, 0) is 14.3 Å². The zero-order valence-corrected chi connectivity index (χ0v) is 18.7. The number of likely N-dealkylation sites (tertiary alicyclic amines) is 1. The number of ether oxygens (including phenoxy) is 3. The van der Waals surface area contributed by atoms with Gasteiger partial charge < -0.3 is 19.5 Å². The van der Waals surface area contributed by atoms with Crippen LogP contribution in [0.1, 0.15) is 74.5 Å². The Balaban J connectivity index is 1.80. The first kappa shape index (κ1) is 22.9. The van der Waals surface area contributed by atoms with Crippen LogP contribution >= 0.6 is 0 Å². The summed E-state index contributed by atoms with van der Waals surface area (Å²) < 4.78 is 16.2. The largest absolute Gasteiger partial charge is 0.493 e. The second kappa shape index (κ2) is 10.0. The van der Waals surface area contributed by atoms with Crippen molar-refractivity contribution in [3.05, 3.63) is 23.3 Å². The summed E-state index contributed by atoms with van der Waals surface area (Å²) in [5.41, 5.74) is 0.737. The minimum absolute atomic E-state index is 0.203. The number of fused-ring (bicyclic) bond motifs is 1. The molecule has 1 aromatic carbocycles. The molecule has 31 heavy (non-hydrogen) atoms. The molecule has 0 bridgehead atoms. The summed E-state index contributed by atoms with van der Waals surface area (Å²) in [6.45, 7) is 4.85. The summed E-state index contributed by atoms with van der Waals surface area (Å²) in [5.74, 6) is 0.0706. The van der Waals surface area contributed by atoms with E-state index in [-0.39, 0.29) is 29.5 Å². The van der Waals surface area contributed by atoms with Gasteiger partial charge in [-0.1, -0.05) is 33.1 Å². The van der Waals surface area contributed by atoms with Crippen LogP contribution in [0.3, 0.4) is 0 Å². The smallest absolute Gasteiger partial charge is 0.344 e.